The maximum atomic E-state index is 10.1. The van der Waals surface area contributed by atoms with E-state index in [9.17, 15) is 4.79 Å². The van der Waals surface area contributed by atoms with Crippen LogP contribution in [0.4, 0.5) is 0 Å². The third-order valence-electron chi connectivity index (χ3n) is 3.93. The van der Waals surface area contributed by atoms with Gasteiger partial charge in [-0.05, 0) is 18.2 Å². The summed E-state index contributed by atoms with van der Waals surface area (Å²) in [6, 6.07) is 24.3. The molecule has 0 saturated heterocycles. The van der Waals surface area contributed by atoms with Crippen molar-refractivity contribution in [3.63, 3.8) is 0 Å². The molecule has 0 unspecified atom stereocenters. The molecule has 3 aromatic carbocycles. The van der Waals surface area contributed by atoms with Crippen molar-refractivity contribution in [2.75, 3.05) is 0 Å². The fraction of sp³-hybridized carbons (Fsp3) is 0. The molecule has 0 N–H and O–H groups in total. The first kappa shape index (κ1) is 25.2. The van der Waals surface area contributed by atoms with Gasteiger partial charge in [-0.25, -0.2) is 0 Å². The Morgan fingerprint density at radius 3 is 1.57 bits per heavy atom. The minimum Gasteiger partial charge on any atom is -0.813 e. The number of rotatable bonds is 1. The number of carbonyl (C=O) groups is 1. The number of thiophene rings is 2. The minimum atomic E-state index is 0. The second-order valence-electron chi connectivity index (χ2n) is 5.49. The smallest absolute Gasteiger partial charge is 0.813 e. The van der Waals surface area contributed by atoms with Crippen LogP contribution in [0.1, 0.15) is 10.4 Å². The summed E-state index contributed by atoms with van der Waals surface area (Å²) in [7, 11) is 0. The van der Waals surface area contributed by atoms with Gasteiger partial charge in [0.1, 0.15) is 0 Å². The molecule has 0 atom stereocenters. The van der Waals surface area contributed by atoms with Crippen LogP contribution < -0.4 is 29.6 Å². The number of halogens is 1. The van der Waals surface area contributed by atoms with E-state index in [2.05, 4.69) is 48.5 Å². The average molecular weight is 452 g/mol. The van der Waals surface area contributed by atoms with Gasteiger partial charge in [0.15, 0.2) is 6.29 Å². The summed E-state index contributed by atoms with van der Waals surface area (Å²) < 4.78 is 5.69. The van der Waals surface area contributed by atoms with Gasteiger partial charge in [0, 0.05) is 25.7 Å². The maximum absolute atomic E-state index is 10.1. The van der Waals surface area contributed by atoms with E-state index in [1.165, 1.54) is 29.6 Å². The Morgan fingerprint density at radius 2 is 1.14 bits per heavy atom. The van der Waals surface area contributed by atoms with Gasteiger partial charge in [-0.2, -0.15) is 0 Å². The molecular weight excluding hydrogens is 435 g/mol. The molecule has 5 rings (SSSR count). The number of fused-ring (bicyclic) bond motifs is 5. The van der Waals surface area contributed by atoms with Gasteiger partial charge in [-0.15, -0.1) is 22.7 Å². The molecule has 2 aromatic heterocycles. The van der Waals surface area contributed by atoms with Crippen molar-refractivity contribution in [3.05, 3.63) is 90.8 Å². The zero-order chi connectivity index (χ0) is 17.2. The third kappa shape index (κ3) is 5.00. The molecule has 28 heavy (non-hydrogen) atoms. The van der Waals surface area contributed by atoms with Crippen molar-refractivity contribution in [3.8, 4) is 0 Å². The number of hydrogen-bond acceptors (Lipinski definition) is 4. The fourth-order valence-electron chi connectivity index (χ4n) is 2.72. The summed E-state index contributed by atoms with van der Waals surface area (Å²) in [5.41, 5.74) is 0.541. The first-order valence-electron chi connectivity index (χ1n) is 7.76. The summed E-state index contributed by atoms with van der Waals surface area (Å²) in [4.78, 5) is 10.1. The molecule has 6 heteroatoms. The van der Waals surface area contributed by atoms with E-state index in [4.69, 9.17) is 11.6 Å². The number of aldehydes is 1. The van der Waals surface area contributed by atoms with Gasteiger partial charge in [-0.1, -0.05) is 66.2 Å². The van der Waals surface area contributed by atoms with Crippen LogP contribution in [0, 0.1) is 7.43 Å². The van der Waals surface area contributed by atoms with Crippen molar-refractivity contribution in [2.45, 2.75) is 0 Å². The van der Waals surface area contributed by atoms with Gasteiger partial charge in [0.25, 0.3) is 0 Å². The molecule has 0 spiro atoms. The topological polar surface area (TPSA) is 17.1 Å². The standard InChI is InChI=1S/C14H8S2.C7H5ClO.CH3.Na.H2S/c1-3-7-11-9(5-1)13-14(15-11)10-6-2-4-8-12(10)16-13;8-7-4-2-1-3-6(7)5-9;;;/h1-8H;1-5H;1H3;;1H2/q;;-1;+1;/p-1. The van der Waals surface area contributed by atoms with Crippen LogP contribution in [-0.2, 0) is 13.5 Å². The van der Waals surface area contributed by atoms with Crippen LogP contribution in [0.3, 0.4) is 0 Å². The van der Waals surface area contributed by atoms with E-state index in [-0.39, 0.29) is 50.5 Å². The Morgan fingerprint density at radius 1 is 0.714 bits per heavy atom. The molecule has 0 fully saturated rings. The Kier molecular flexibility index (Phi) is 10.2. The van der Waals surface area contributed by atoms with Gasteiger partial charge < -0.3 is 20.9 Å². The third-order valence-corrected chi connectivity index (χ3v) is 6.81. The van der Waals surface area contributed by atoms with Crippen molar-refractivity contribution in [1.29, 1.82) is 0 Å². The monoisotopic (exact) mass is 451 g/mol. The number of benzene rings is 3. The van der Waals surface area contributed by atoms with Crippen molar-refractivity contribution >= 4 is 83.6 Å². The van der Waals surface area contributed by atoms with Crippen LogP contribution in [-0.4, -0.2) is 6.29 Å². The van der Waals surface area contributed by atoms with E-state index < -0.39 is 0 Å². The summed E-state index contributed by atoms with van der Waals surface area (Å²) >= 11 is 9.41. The van der Waals surface area contributed by atoms with Crippen LogP contribution in [0.2, 0.25) is 5.02 Å². The molecule has 0 radical (unpaired) electrons. The Bertz CT molecular complexity index is 1130. The average Bonchev–Trinajstić information content (AvgIpc) is 3.19. The van der Waals surface area contributed by atoms with Gasteiger partial charge >= 0.3 is 29.6 Å². The zero-order valence-corrected chi connectivity index (χ0v) is 20.8. The summed E-state index contributed by atoms with van der Waals surface area (Å²) in [6.45, 7) is 0. The molecule has 0 saturated carbocycles. The van der Waals surface area contributed by atoms with E-state index in [1.54, 1.807) is 24.3 Å². The molecule has 5 aromatic rings. The SMILES string of the molecule is O=Cc1ccccc1Cl.[CH3-].[Na+].[SH-].c1ccc2c(c1)sc1c3ccccc3sc21. The maximum Gasteiger partial charge on any atom is 1.00 e. The summed E-state index contributed by atoms with van der Waals surface area (Å²) in [5.74, 6) is 0. The summed E-state index contributed by atoms with van der Waals surface area (Å²) in [5, 5.41) is 3.32. The zero-order valence-electron chi connectivity index (χ0n) is 15.6. The van der Waals surface area contributed by atoms with Crippen LogP contribution in [0.15, 0.2) is 72.8 Å². The molecule has 0 aliphatic heterocycles. The van der Waals surface area contributed by atoms with Gasteiger partial charge in [0.05, 0.1) is 14.4 Å². The summed E-state index contributed by atoms with van der Waals surface area (Å²) in [6.07, 6.45) is 0.738. The van der Waals surface area contributed by atoms with Crippen LogP contribution in [0.25, 0.3) is 29.6 Å². The first-order valence-corrected chi connectivity index (χ1v) is 9.77. The van der Waals surface area contributed by atoms with E-state index in [0.717, 1.165) is 6.29 Å². The Labute approximate surface area is 207 Å². The molecule has 0 aliphatic rings. The quantitative estimate of drug-likeness (QED) is 0.122. The van der Waals surface area contributed by atoms with Gasteiger partial charge in [-0.3, -0.25) is 4.79 Å². The van der Waals surface area contributed by atoms with E-state index in [1.807, 2.05) is 22.7 Å². The first-order chi connectivity index (χ1) is 12.3. The number of thiol groups is 1. The Balaban J connectivity index is 0.000000288. The molecular formula is C22H17ClNaOS3-. The molecule has 138 valence electrons. The van der Waals surface area contributed by atoms with E-state index >= 15 is 0 Å². The molecule has 1 nitrogen and oxygen atoms in total. The molecule has 0 bridgehead atoms. The van der Waals surface area contributed by atoms with E-state index in [0.29, 0.717) is 10.6 Å². The predicted octanol–water partition coefficient (Wildman–Crippen LogP) is 4.61. The van der Waals surface area contributed by atoms with Crippen LogP contribution >= 0.6 is 34.3 Å². The second kappa shape index (κ2) is 11.4. The number of hydrogen-bond donors (Lipinski definition) is 0. The van der Waals surface area contributed by atoms with Gasteiger partial charge in [0.2, 0.25) is 0 Å². The molecule has 0 aliphatic carbocycles. The predicted molar refractivity (Wildman–Crippen MR) is 127 cm³/mol. The largest absolute Gasteiger partial charge is 1.00 e. The number of carbonyl (C=O) groups excluding carboxylic acids is 1. The second-order valence-corrected chi connectivity index (χ2v) is 8.01. The fourth-order valence-corrected chi connectivity index (χ4v) is 5.56. The molecule has 0 amide bonds. The van der Waals surface area contributed by atoms with Crippen molar-refractivity contribution < 1.29 is 34.4 Å². The van der Waals surface area contributed by atoms with Crippen molar-refractivity contribution in [2.24, 2.45) is 0 Å². The van der Waals surface area contributed by atoms with Crippen molar-refractivity contribution in [1.82, 2.24) is 0 Å². The minimum absolute atomic E-state index is 0. The molecule has 2 heterocycles. The Hall–Kier alpha value is -0.850. The normalized spacial score (nSPS) is 9.61. The van der Waals surface area contributed by atoms with Crippen LogP contribution in [0.5, 0.6) is 0 Å².